The molecule has 0 radical (unpaired) electrons. The molecule has 0 bridgehead atoms. The van der Waals surface area contributed by atoms with E-state index in [0.717, 1.165) is 23.5 Å². The maximum atomic E-state index is 13.6. The fourth-order valence-corrected chi connectivity index (χ4v) is 1.87. The van der Waals surface area contributed by atoms with Crippen LogP contribution in [0.15, 0.2) is 12.1 Å². The van der Waals surface area contributed by atoms with Crippen molar-refractivity contribution >= 4 is 28.1 Å². The Morgan fingerprint density at radius 3 is 2.72 bits per heavy atom. The number of nitrogens with two attached hydrogens (primary N) is 1. The summed E-state index contributed by atoms with van der Waals surface area (Å²) in [5.41, 5.74) is 4.34. The molecule has 0 spiro atoms. The number of aryl methyl sites for hydroxylation is 1. The summed E-state index contributed by atoms with van der Waals surface area (Å²) in [5, 5.41) is 10.5. The van der Waals surface area contributed by atoms with Crippen LogP contribution in [0.5, 0.6) is 0 Å². The molecule has 1 aromatic carbocycles. The van der Waals surface area contributed by atoms with Crippen LogP contribution in [0.4, 0.5) is 19.6 Å². The molecule has 1 aromatic heterocycles. The second kappa shape index (κ2) is 4.65. The highest BCUT2D eigenvalue weighted by Gasteiger charge is 2.17. The Bertz CT molecular complexity index is 614. The number of halogens is 2. The molecule has 2 aromatic rings. The zero-order valence-electron chi connectivity index (χ0n) is 9.20. The van der Waals surface area contributed by atoms with Gasteiger partial charge in [-0.05, 0) is 19.1 Å². The lowest BCUT2D eigenvalue weighted by Crippen LogP contribution is -2.15. The molecule has 0 aliphatic rings. The van der Waals surface area contributed by atoms with Gasteiger partial charge in [0.1, 0.15) is 10.8 Å². The van der Waals surface area contributed by atoms with Gasteiger partial charge in [0.15, 0.2) is 5.82 Å². The molecule has 0 fully saturated rings. The number of amides is 1. The summed E-state index contributed by atoms with van der Waals surface area (Å²) in [6, 6.07) is 1.58. The highest BCUT2D eigenvalue weighted by atomic mass is 32.1. The van der Waals surface area contributed by atoms with Crippen molar-refractivity contribution in [2.45, 2.75) is 6.92 Å². The van der Waals surface area contributed by atoms with Gasteiger partial charge in [0.05, 0.1) is 11.3 Å². The lowest BCUT2D eigenvalue weighted by molar-refractivity contribution is 0.102. The number of nitrogen functional groups attached to an aromatic ring is 1. The second-order valence-electron chi connectivity index (χ2n) is 3.44. The van der Waals surface area contributed by atoms with Crippen molar-refractivity contribution in [2.75, 3.05) is 11.1 Å². The summed E-state index contributed by atoms with van der Waals surface area (Å²) in [6.45, 7) is 1.70. The monoisotopic (exact) mass is 270 g/mol. The molecule has 0 saturated carbocycles. The largest absolute Gasteiger partial charge is 0.396 e. The van der Waals surface area contributed by atoms with E-state index in [9.17, 15) is 13.6 Å². The van der Waals surface area contributed by atoms with Crippen LogP contribution in [-0.4, -0.2) is 16.1 Å². The SMILES string of the molecule is Cc1nnc(NC(=O)c2cc(F)cc(N)c2F)s1. The summed E-state index contributed by atoms with van der Waals surface area (Å²) in [7, 11) is 0. The molecule has 0 atom stereocenters. The molecule has 0 aliphatic heterocycles. The van der Waals surface area contributed by atoms with Gasteiger partial charge in [-0.15, -0.1) is 10.2 Å². The molecule has 18 heavy (non-hydrogen) atoms. The van der Waals surface area contributed by atoms with Crippen LogP contribution < -0.4 is 11.1 Å². The number of rotatable bonds is 2. The van der Waals surface area contributed by atoms with Gasteiger partial charge in [0, 0.05) is 0 Å². The molecule has 2 rings (SSSR count). The maximum Gasteiger partial charge on any atom is 0.260 e. The molecule has 0 aliphatic carbocycles. The molecular formula is C10H8F2N4OS. The van der Waals surface area contributed by atoms with Crippen molar-refractivity contribution in [1.82, 2.24) is 10.2 Å². The molecule has 0 unspecified atom stereocenters. The average Bonchev–Trinajstić information content (AvgIpc) is 2.69. The van der Waals surface area contributed by atoms with Gasteiger partial charge in [-0.1, -0.05) is 11.3 Å². The third-order valence-corrected chi connectivity index (χ3v) is 2.81. The number of aromatic nitrogens is 2. The maximum absolute atomic E-state index is 13.6. The molecule has 0 saturated heterocycles. The topological polar surface area (TPSA) is 80.9 Å². The smallest absolute Gasteiger partial charge is 0.260 e. The number of hydrogen-bond donors (Lipinski definition) is 2. The van der Waals surface area contributed by atoms with E-state index in [2.05, 4.69) is 15.5 Å². The number of hydrogen-bond acceptors (Lipinski definition) is 5. The first-order chi connectivity index (χ1) is 8.47. The minimum absolute atomic E-state index is 0.208. The highest BCUT2D eigenvalue weighted by Crippen LogP contribution is 2.20. The third-order valence-electron chi connectivity index (χ3n) is 2.06. The molecule has 1 heterocycles. The quantitative estimate of drug-likeness (QED) is 0.817. The third kappa shape index (κ3) is 2.43. The standard InChI is InChI=1S/C10H8F2N4OS/c1-4-15-16-10(18-4)14-9(17)6-2-5(11)3-7(13)8(6)12/h2-3H,13H2,1H3,(H,14,16,17). The summed E-state index contributed by atoms with van der Waals surface area (Å²) >= 11 is 1.12. The summed E-state index contributed by atoms with van der Waals surface area (Å²) in [4.78, 5) is 11.7. The molecular weight excluding hydrogens is 262 g/mol. The fourth-order valence-electron chi connectivity index (χ4n) is 1.29. The molecule has 5 nitrogen and oxygen atoms in total. The number of anilines is 2. The number of nitrogens with zero attached hydrogens (tertiary/aromatic N) is 2. The predicted octanol–water partition coefficient (Wildman–Crippen LogP) is 1.96. The number of carbonyl (C=O) groups excluding carboxylic acids is 1. The molecule has 1 amide bonds. The van der Waals surface area contributed by atoms with E-state index in [4.69, 9.17) is 5.73 Å². The van der Waals surface area contributed by atoms with Gasteiger partial charge in [-0.25, -0.2) is 8.78 Å². The van der Waals surface area contributed by atoms with E-state index >= 15 is 0 Å². The van der Waals surface area contributed by atoms with Crippen LogP contribution in [0.2, 0.25) is 0 Å². The van der Waals surface area contributed by atoms with Crippen LogP contribution in [0.1, 0.15) is 15.4 Å². The van der Waals surface area contributed by atoms with Gasteiger partial charge >= 0.3 is 0 Å². The van der Waals surface area contributed by atoms with E-state index in [0.29, 0.717) is 5.01 Å². The summed E-state index contributed by atoms with van der Waals surface area (Å²) in [6.07, 6.45) is 0. The average molecular weight is 270 g/mol. The van der Waals surface area contributed by atoms with Crippen molar-refractivity contribution in [3.63, 3.8) is 0 Å². The zero-order valence-corrected chi connectivity index (χ0v) is 10.0. The molecule has 3 N–H and O–H groups in total. The van der Waals surface area contributed by atoms with Crippen molar-refractivity contribution in [2.24, 2.45) is 0 Å². The normalized spacial score (nSPS) is 10.4. The fraction of sp³-hybridized carbons (Fsp3) is 0.100. The highest BCUT2D eigenvalue weighted by molar-refractivity contribution is 7.15. The first-order valence-electron chi connectivity index (χ1n) is 4.83. The van der Waals surface area contributed by atoms with E-state index in [1.165, 1.54) is 0 Å². The Hall–Kier alpha value is -2.09. The van der Waals surface area contributed by atoms with E-state index < -0.39 is 28.8 Å². The van der Waals surface area contributed by atoms with Gasteiger partial charge in [-0.3, -0.25) is 10.1 Å². The van der Waals surface area contributed by atoms with Crippen LogP contribution in [-0.2, 0) is 0 Å². The summed E-state index contributed by atoms with van der Waals surface area (Å²) in [5.74, 6) is -2.57. The number of carbonyl (C=O) groups is 1. The van der Waals surface area contributed by atoms with Gasteiger partial charge in [0.25, 0.3) is 5.91 Å². The summed E-state index contributed by atoms with van der Waals surface area (Å²) < 4.78 is 26.6. The Morgan fingerprint density at radius 2 is 2.11 bits per heavy atom. The van der Waals surface area contributed by atoms with Crippen LogP contribution in [0.25, 0.3) is 0 Å². The van der Waals surface area contributed by atoms with Crippen molar-refractivity contribution in [3.8, 4) is 0 Å². The second-order valence-corrected chi connectivity index (χ2v) is 4.62. The van der Waals surface area contributed by atoms with Crippen LogP contribution in [0.3, 0.4) is 0 Å². The lowest BCUT2D eigenvalue weighted by Gasteiger charge is -2.05. The van der Waals surface area contributed by atoms with Crippen LogP contribution >= 0.6 is 11.3 Å². The van der Waals surface area contributed by atoms with Crippen LogP contribution in [0, 0.1) is 18.6 Å². The Balaban J connectivity index is 2.29. The van der Waals surface area contributed by atoms with Gasteiger partial charge in [-0.2, -0.15) is 0 Å². The molecule has 8 heteroatoms. The zero-order chi connectivity index (χ0) is 13.3. The van der Waals surface area contributed by atoms with Crippen molar-refractivity contribution < 1.29 is 13.6 Å². The minimum Gasteiger partial charge on any atom is -0.396 e. The van der Waals surface area contributed by atoms with E-state index in [1.807, 2.05) is 0 Å². The first kappa shape index (κ1) is 12.4. The van der Waals surface area contributed by atoms with Crippen molar-refractivity contribution in [3.05, 3.63) is 34.3 Å². The van der Waals surface area contributed by atoms with Gasteiger partial charge in [0.2, 0.25) is 5.13 Å². The Kier molecular flexibility index (Phi) is 3.19. The van der Waals surface area contributed by atoms with Crippen molar-refractivity contribution in [1.29, 1.82) is 0 Å². The Morgan fingerprint density at radius 1 is 1.39 bits per heavy atom. The Labute approximate surface area is 105 Å². The first-order valence-corrected chi connectivity index (χ1v) is 5.65. The van der Waals surface area contributed by atoms with E-state index in [1.54, 1.807) is 6.92 Å². The lowest BCUT2D eigenvalue weighted by atomic mass is 10.1. The minimum atomic E-state index is -0.963. The number of benzene rings is 1. The number of nitrogens with one attached hydrogen (secondary N) is 1. The molecule has 94 valence electrons. The van der Waals surface area contributed by atoms with E-state index in [-0.39, 0.29) is 5.13 Å². The predicted molar refractivity (Wildman–Crippen MR) is 63.4 cm³/mol. The van der Waals surface area contributed by atoms with Gasteiger partial charge < -0.3 is 5.73 Å².